The zero-order chi connectivity index (χ0) is 15.5. The minimum absolute atomic E-state index is 0.213. The van der Waals surface area contributed by atoms with Crippen LogP contribution in [0.2, 0.25) is 10.0 Å². The Morgan fingerprint density at radius 2 is 2.19 bits per heavy atom. The molecule has 0 aliphatic rings. The van der Waals surface area contributed by atoms with Crippen molar-refractivity contribution in [2.75, 3.05) is 0 Å². The maximum Gasteiger partial charge on any atom is 0.137 e. The van der Waals surface area contributed by atoms with Crippen LogP contribution >= 0.6 is 55.1 Å². The maximum absolute atomic E-state index is 11.1. The second kappa shape index (κ2) is 7.24. The molecule has 2 rings (SSSR count). The first-order valence-electron chi connectivity index (χ1n) is 5.90. The molecule has 112 valence electrons. The van der Waals surface area contributed by atoms with Crippen molar-refractivity contribution in [2.45, 2.75) is 18.6 Å². The highest BCUT2D eigenvalue weighted by atomic mass is 79.9. The third-order valence-corrected chi connectivity index (χ3v) is 5.13. The Morgan fingerprint density at radius 1 is 1.43 bits per heavy atom. The number of hydrogen-bond donors (Lipinski definition) is 1. The third kappa shape index (κ3) is 4.29. The number of rotatable bonds is 5. The summed E-state index contributed by atoms with van der Waals surface area (Å²) in [6.45, 7) is 0.213. The SMILES string of the molecule is OC(C/C(Br)=C\Br)(Cn1cncn1)c1ccc(Cl)cc1Cl. The molecule has 0 saturated heterocycles. The first kappa shape index (κ1) is 17.0. The molecule has 21 heavy (non-hydrogen) atoms. The molecule has 1 unspecified atom stereocenters. The van der Waals surface area contributed by atoms with Crippen LogP contribution in [-0.2, 0) is 12.1 Å². The van der Waals surface area contributed by atoms with Crippen molar-refractivity contribution in [1.82, 2.24) is 14.8 Å². The van der Waals surface area contributed by atoms with Gasteiger partial charge in [-0.05, 0) is 17.1 Å². The van der Waals surface area contributed by atoms with Gasteiger partial charge in [-0.1, -0.05) is 61.1 Å². The highest BCUT2D eigenvalue weighted by Crippen LogP contribution is 2.37. The number of benzene rings is 1. The van der Waals surface area contributed by atoms with E-state index in [-0.39, 0.29) is 6.54 Å². The molecule has 1 aromatic carbocycles. The van der Waals surface area contributed by atoms with E-state index in [0.717, 1.165) is 4.48 Å². The van der Waals surface area contributed by atoms with Gasteiger partial charge in [0.25, 0.3) is 0 Å². The third-order valence-electron chi connectivity index (χ3n) is 2.90. The lowest BCUT2D eigenvalue weighted by molar-refractivity contribution is 0.0173. The van der Waals surface area contributed by atoms with E-state index in [2.05, 4.69) is 41.9 Å². The first-order valence-corrected chi connectivity index (χ1v) is 8.36. The van der Waals surface area contributed by atoms with Gasteiger partial charge in [0.1, 0.15) is 18.3 Å². The molecule has 0 saturated carbocycles. The fraction of sp³-hybridized carbons (Fsp3) is 0.231. The van der Waals surface area contributed by atoms with E-state index in [0.29, 0.717) is 22.0 Å². The molecule has 0 aliphatic carbocycles. The van der Waals surface area contributed by atoms with E-state index in [9.17, 15) is 5.11 Å². The molecule has 2 aromatic rings. The van der Waals surface area contributed by atoms with Crippen molar-refractivity contribution in [1.29, 1.82) is 0 Å². The van der Waals surface area contributed by atoms with Gasteiger partial charge in [-0.3, -0.25) is 0 Å². The van der Waals surface area contributed by atoms with Crippen LogP contribution in [0.4, 0.5) is 0 Å². The van der Waals surface area contributed by atoms with Gasteiger partial charge in [-0.2, -0.15) is 5.10 Å². The van der Waals surface area contributed by atoms with E-state index in [4.69, 9.17) is 23.2 Å². The van der Waals surface area contributed by atoms with Crippen LogP contribution in [0, 0.1) is 0 Å². The second-order valence-corrected chi connectivity index (χ2v) is 6.80. The average Bonchev–Trinajstić information content (AvgIpc) is 2.90. The summed E-state index contributed by atoms with van der Waals surface area (Å²) in [6.07, 6.45) is 3.28. The molecule has 0 spiro atoms. The van der Waals surface area contributed by atoms with Crippen molar-refractivity contribution in [2.24, 2.45) is 0 Å². The summed E-state index contributed by atoms with van der Waals surface area (Å²) < 4.78 is 2.34. The van der Waals surface area contributed by atoms with Crippen LogP contribution in [0.15, 0.2) is 40.3 Å². The summed E-state index contributed by atoms with van der Waals surface area (Å²) in [7, 11) is 0. The van der Waals surface area contributed by atoms with E-state index >= 15 is 0 Å². The molecule has 0 amide bonds. The Hall–Kier alpha value is -0.400. The zero-order valence-electron chi connectivity index (χ0n) is 10.7. The van der Waals surface area contributed by atoms with Gasteiger partial charge in [0, 0.05) is 26.5 Å². The number of aromatic nitrogens is 3. The number of halogens is 4. The minimum Gasteiger partial charge on any atom is -0.383 e. The monoisotopic (exact) mass is 453 g/mol. The Bertz CT molecular complexity index is 649. The Balaban J connectivity index is 2.43. The molecule has 0 fully saturated rings. The van der Waals surface area contributed by atoms with Crippen molar-refractivity contribution in [3.05, 3.63) is 55.9 Å². The smallest absolute Gasteiger partial charge is 0.137 e. The second-order valence-electron chi connectivity index (χ2n) is 4.48. The number of nitrogens with zero attached hydrogens (tertiary/aromatic N) is 3. The van der Waals surface area contributed by atoms with E-state index in [1.54, 1.807) is 34.2 Å². The van der Waals surface area contributed by atoms with Gasteiger partial charge in [-0.15, -0.1) is 0 Å². The fourth-order valence-corrected chi connectivity index (χ4v) is 3.21. The van der Waals surface area contributed by atoms with Gasteiger partial charge in [0.15, 0.2) is 0 Å². The van der Waals surface area contributed by atoms with Crippen molar-refractivity contribution < 1.29 is 5.11 Å². The van der Waals surface area contributed by atoms with Gasteiger partial charge < -0.3 is 5.11 Å². The Kier molecular flexibility index (Phi) is 5.85. The molecule has 1 heterocycles. The van der Waals surface area contributed by atoms with Gasteiger partial charge in [-0.25, -0.2) is 9.67 Å². The fourth-order valence-electron chi connectivity index (χ4n) is 2.00. The predicted molar refractivity (Wildman–Crippen MR) is 90.9 cm³/mol. The van der Waals surface area contributed by atoms with Crippen LogP contribution in [-0.4, -0.2) is 19.9 Å². The molecule has 1 aromatic heterocycles. The standard InChI is InChI=1S/C13H11Br2Cl2N3O/c14-5-9(15)4-13(21,6-20-8-18-7-19-20)11-2-1-10(16)3-12(11)17/h1-3,5,7-8,21H,4,6H2/b9-5+. The first-order chi connectivity index (χ1) is 9.94. The van der Waals surface area contributed by atoms with Crippen molar-refractivity contribution >= 4 is 55.1 Å². The molecule has 1 N–H and O–H groups in total. The molecule has 8 heteroatoms. The number of hydrogen-bond acceptors (Lipinski definition) is 3. The summed E-state index contributed by atoms with van der Waals surface area (Å²) in [5.74, 6) is 0. The lowest BCUT2D eigenvalue weighted by Gasteiger charge is -2.29. The van der Waals surface area contributed by atoms with Gasteiger partial charge in [0.05, 0.1) is 6.54 Å². The van der Waals surface area contributed by atoms with Crippen LogP contribution in [0.5, 0.6) is 0 Å². The predicted octanol–water partition coefficient (Wildman–Crippen LogP) is 4.49. The van der Waals surface area contributed by atoms with Crippen LogP contribution in [0.1, 0.15) is 12.0 Å². The molecular formula is C13H11Br2Cl2N3O. The minimum atomic E-state index is -1.25. The molecule has 4 nitrogen and oxygen atoms in total. The average molecular weight is 456 g/mol. The summed E-state index contributed by atoms with van der Waals surface area (Å²) in [5.41, 5.74) is -0.672. The summed E-state index contributed by atoms with van der Waals surface area (Å²) in [6, 6.07) is 5.02. The van der Waals surface area contributed by atoms with Gasteiger partial charge >= 0.3 is 0 Å². The highest BCUT2D eigenvalue weighted by molar-refractivity contribution is 9.14. The molecule has 0 radical (unpaired) electrons. The van der Waals surface area contributed by atoms with Gasteiger partial charge in [0.2, 0.25) is 0 Å². The summed E-state index contributed by atoms with van der Waals surface area (Å²) in [5, 5.41) is 16.1. The molecule has 1 atom stereocenters. The number of aliphatic hydroxyl groups is 1. The Morgan fingerprint density at radius 3 is 2.76 bits per heavy atom. The van der Waals surface area contributed by atoms with E-state index in [1.165, 1.54) is 6.33 Å². The van der Waals surface area contributed by atoms with Crippen LogP contribution in [0.25, 0.3) is 0 Å². The summed E-state index contributed by atoms with van der Waals surface area (Å²) >= 11 is 18.8. The van der Waals surface area contributed by atoms with Crippen LogP contribution < -0.4 is 0 Å². The topological polar surface area (TPSA) is 50.9 Å². The highest BCUT2D eigenvalue weighted by Gasteiger charge is 2.33. The maximum atomic E-state index is 11.1. The summed E-state index contributed by atoms with van der Waals surface area (Å²) in [4.78, 5) is 5.58. The van der Waals surface area contributed by atoms with E-state index < -0.39 is 5.60 Å². The molecule has 0 bridgehead atoms. The lowest BCUT2D eigenvalue weighted by Crippen LogP contribution is -2.32. The van der Waals surface area contributed by atoms with E-state index in [1.807, 2.05) is 0 Å². The largest absolute Gasteiger partial charge is 0.383 e. The molecule has 0 aliphatic heterocycles. The quantitative estimate of drug-likeness (QED) is 0.722. The zero-order valence-corrected chi connectivity index (χ0v) is 15.4. The molecular weight excluding hydrogens is 445 g/mol. The Labute approximate surface area is 149 Å². The van der Waals surface area contributed by atoms with Crippen molar-refractivity contribution in [3.8, 4) is 0 Å². The lowest BCUT2D eigenvalue weighted by atomic mass is 9.90. The normalized spacial score (nSPS) is 15.0. The van der Waals surface area contributed by atoms with Crippen molar-refractivity contribution in [3.63, 3.8) is 0 Å². The van der Waals surface area contributed by atoms with Crippen LogP contribution in [0.3, 0.4) is 0 Å².